The Labute approximate surface area is 125 Å². The molecular weight excluding hydrogens is 274 g/mol. The molecule has 2 aromatic rings. The number of fused-ring (bicyclic) bond motifs is 1. The number of hydrogen-bond acceptors (Lipinski definition) is 3. The highest BCUT2D eigenvalue weighted by Crippen LogP contribution is 2.30. The van der Waals surface area contributed by atoms with E-state index in [4.69, 9.17) is 16.3 Å². The summed E-state index contributed by atoms with van der Waals surface area (Å²) >= 11 is 6.29. The van der Waals surface area contributed by atoms with Gasteiger partial charge in [-0.3, -0.25) is 0 Å². The summed E-state index contributed by atoms with van der Waals surface area (Å²) in [6.45, 7) is 8.56. The van der Waals surface area contributed by atoms with Crippen molar-refractivity contribution in [2.24, 2.45) is 5.92 Å². The van der Waals surface area contributed by atoms with E-state index in [1.54, 1.807) is 7.11 Å². The third kappa shape index (κ3) is 2.90. The van der Waals surface area contributed by atoms with Crippen LogP contribution in [0.1, 0.15) is 51.4 Å². The lowest BCUT2D eigenvalue weighted by Gasteiger charge is -2.19. The first-order valence-electron chi connectivity index (χ1n) is 7.01. The topological polar surface area (TPSA) is 39.9 Å². The van der Waals surface area contributed by atoms with Gasteiger partial charge in [0, 0.05) is 12.1 Å². The maximum Gasteiger partial charge on any atom is 0.215 e. The van der Waals surface area contributed by atoms with Gasteiger partial charge >= 0.3 is 0 Å². The molecule has 0 amide bonds. The Morgan fingerprint density at radius 1 is 1.20 bits per heavy atom. The summed E-state index contributed by atoms with van der Waals surface area (Å²) in [4.78, 5) is 9.17. The minimum absolute atomic E-state index is 0.148. The normalized spacial score (nSPS) is 14.8. The number of ether oxygens (including phenoxy) is 1. The summed E-state index contributed by atoms with van der Waals surface area (Å²) in [5, 5.41) is -0.148. The Hall–Kier alpha value is -1.29. The third-order valence-corrected chi connectivity index (χ3v) is 3.55. The predicted octanol–water partition coefficient (Wildman–Crippen LogP) is 4.35. The van der Waals surface area contributed by atoms with E-state index in [0.29, 0.717) is 17.8 Å². The fourth-order valence-electron chi connectivity index (χ4n) is 2.59. The van der Waals surface area contributed by atoms with Gasteiger partial charge in [-0.1, -0.05) is 13.8 Å². The van der Waals surface area contributed by atoms with E-state index in [1.165, 1.54) is 0 Å². The van der Waals surface area contributed by atoms with E-state index in [0.717, 1.165) is 23.4 Å². The molecule has 0 aromatic carbocycles. The van der Waals surface area contributed by atoms with E-state index in [1.807, 2.05) is 19.1 Å². The van der Waals surface area contributed by atoms with Gasteiger partial charge in [0.2, 0.25) is 5.88 Å². The molecule has 0 fully saturated rings. The van der Waals surface area contributed by atoms with Crippen molar-refractivity contribution < 1.29 is 4.74 Å². The number of nitrogens with zero attached hydrogens (tertiary/aromatic N) is 3. The molecule has 20 heavy (non-hydrogen) atoms. The van der Waals surface area contributed by atoms with Crippen LogP contribution >= 0.6 is 11.6 Å². The second-order valence-corrected chi connectivity index (χ2v) is 6.29. The first kappa shape index (κ1) is 15.1. The van der Waals surface area contributed by atoms with Crippen LogP contribution < -0.4 is 4.74 Å². The van der Waals surface area contributed by atoms with Crippen LogP contribution in [0.15, 0.2) is 12.1 Å². The predicted molar refractivity (Wildman–Crippen MR) is 82.5 cm³/mol. The van der Waals surface area contributed by atoms with Crippen molar-refractivity contribution in [2.45, 2.75) is 45.5 Å². The molecule has 2 aromatic heterocycles. The van der Waals surface area contributed by atoms with Gasteiger partial charge in [0.1, 0.15) is 11.3 Å². The fourth-order valence-corrected chi connectivity index (χ4v) is 2.74. The van der Waals surface area contributed by atoms with Crippen molar-refractivity contribution in [1.82, 2.24) is 14.5 Å². The molecular formula is C15H22ClN3O. The SMILES string of the molecule is COc1ccc2nc(C(C)Cl)n(C(C)CC(C)C)c2n1. The van der Waals surface area contributed by atoms with Crippen LogP contribution in [-0.4, -0.2) is 21.6 Å². The highest BCUT2D eigenvalue weighted by atomic mass is 35.5. The lowest BCUT2D eigenvalue weighted by molar-refractivity contribution is 0.395. The number of alkyl halides is 1. The zero-order valence-electron chi connectivity index (χ0n) is 12.7. The Morgan fingerprint density at radius 2 is 1.90 bits per heavy atom. The molecule has 0 aliphatic heterocycles. The maximum atomic E-state index is 6.29. The molecule has 0 spiro atoms. The summed E-state index contributed by atoms with van der Waals surface area (Å²) in [5.74, 6) is 2.08. The monoisotopic (exact) mass is 295 g/mol. The standard InChI is InChI=1S/C15H22ClN3O/c1-9(2)8-10(3)19-14(11(4)16)17-12-6-7-13(20-5)18-15(12)19/h6-7,9-11H,8H2,1-5H3. The fraction of sp³-hybridized carbons (Fsp3) is 0.600. The van der Waals surface area contributed by atoms with Crippen molar-refractivity contribution >= 4 is 22.8 Å². The van der Waals surface area contributed by atoms with E-state index in [-0.39, 0.29) is 5.38 Å². The van der Waals surface area contributed by atoms with E-state index < -0.39 is 0 Å². The van der Waals surface area contributed by atoms with Gasteiger partial charge in [0.15, 0.2) is 5.65 Å². The van der Waals surface area contributed by atoms with Crippen molar-refractivity contribution in [3.63, 3.8) is 0 Å². The van der Waals surface area contributed by atoms with Crippen LogP contribution in [0.2, 0.25) is 0 Å². The molecule has 5 heteroatoms. The molecule has 0 saturated heterocycles. The summed E-state index contributed by atoms with van der Waals surface area (Å²) in [6.07, 6.45) is 1.06. The summed E-state index contributed by atoms with van der Waals surface area (Å²) < 4.78 is 7.37. The van der Waals surface area contributed by atoms with Crippen LogP contribution in [0.25, 0.3) is 11.2 Å². The van der Waals surface area contributed by atoms with Crippen LogP contribution in [0.4, 0.5) is 0 Å². The zero-order chi connectivity index (χ0) is 14.9. The average Bonchev–Trinajstić information content (AvgIpc) is 2.76. The Morgan fingerprint density at radius 3 is 2.45 bits per heavy atom. The zero-order valence-corrected chi connectivity index (χ0v) is 13.5. The largest absolute Gasteiger partial charge is 0.481 e. The van der Waals surface area contributed by atoms with Crippen LogP contribution in [0.5, 0.6) is 5.88 Å². The minimum Gasteiger partial charge on any atom is -0.481 e. The molecule has 0 bridgehead atoms. The van der Waals surface area contributed by atoms with Gasteiger partial charge in [0.05, 0.1) is 12.5 Å². The van der Waals surface area contributed by atoms with Gasteiger partial charge in [0.25, 0.3) is 0 Å². The molecule has 2 rings (SSSR count). The van der Waals surface area contributed by atoms with Crippen molar-refractivity contribution in [3.8, 4) is 5.88 Å². The van der Waals surface area contributed by atoms with Crippen LogP contribution in [-0.2, 0) is 0 Å². The van der Waals surface area contributed by atoms with Crippen molar-refractivity contribution in [3.05, 3.63) is 18.0 Å². The van der Waals surface area contributed by atoms with E-state index >= 15 is 0 Å². The Bertz CT molecular complexity index is 592. The van der Waals surface area contributed by atoms with E-state index in [9.17, 15) is 0 Å². The number of imidazole rings is 1. The van der Waals surface area contributed by atoms with Gasteiger partial charge in [-0.25, -0.2) is 4.98 Å². The molecule has 2 atom stereocenters. The quantitative estimate of drug-likeness (QED) is 0.770. The molecule has 2 heterocycles. The molecule has 110 valence electrons. The summed E-state index contributed by atoms with van der Waals surface area (Å²) in [7, 11) is 1.62. The van der Waals surface area contributed by atoms with Gasteiger partial charge < -0.3 is 9.30 Å². The van der Waals surface area contributed by atoms with Crippen molar-refractivity contribution in [1.29, 1.82) is 0 Å². The van der Waals surface area contributed by atoms with Gasteiger partial charge in [-0.2, -0.15) is 4.98 Å². The minimum atomic E-state index is -0.148. The molecule has 2 unspecified atom stereocenters. The van der Waals surface area contributed by atoms with Crippen LogP contribution in [0, 0.1) is 5.92 Å². The second-order valence-electron chi connectivity index (χ2n) is 5.63. The summed E-state index contributed by atoms with van der Waals surface area (Å²) in [6, 6.07) is 4.06. The van der Waals surface area contributed by atoms with Gasteiger partial charge in [-0.05, 0) is 32.3 Å². The molecule has 4 nitrogen and oxygen atoms in total. The Kier molecular flexibility index (Phi) is 4.53. The van der Waals surface area contributed by atoms with E-state index in [2.05, 4.69) is 35.3 Å². The highest BCUT2D eigenvalue weighted by Gasteiger charge is 2.21. The molecule has 0 N–H and O–H groups in total. The number of halogens is 1. The second kappa shape index (κ2) is 6.00. The molecule has 0 saturated carbocycles. The first-order chi connectivity index (χ1) is 9.43. The molecule has 0 radical (unpaired) electrons. The number of pyridine rings is 1. The molecule has 0 aliphatic carbocycles. The lowest BCUT2D eigenvalue weighted by atomic mass is 10.0. The number of rotatable bonds is 5. The number of aromatic nitrogens is 3. The van der Waals surface area contributed by atoms with Gasteiger partial charge in [-0.15, -0.1) is 11.6 Å². The highest BCUT2D eigenvalue weighted by molar-refractivity contribution is 6.20. The number of hydrogen-bond donors (Lipinski definition) is 0. The summed E-state index contributed by atoms with van der Waals surface area (Å²) in [5.41, 5.74) is 1.71. The third-order valence-electron chi connectivity index (χ3n) is 3.36. The number of methoxy groups -OCH3 is 1. The molecule has 0 aliphatic rings. The van der Waals surface area contributed by atoms with Crippen LogP contribution in [0.3, 0.4) is 0 Å². The lowest BCUT2D eigenvalue weighted by Crippen LogP contribution is -2.12. The first-order valence-corrected chi connectivity index (χ1v) is 7.44. The Balaban J connectivity index is 2.59. The van der Waals surface area contributed by atoms with Crippen molar-refractivity contribution in [2.75, 3.05) is 7.11 Å². The maximum absolute atomic E-state index is 6.29. The average molecular weight is 296 g/mol. The smallest absolute Gasteiger partial charge is 0.215 e.